The van der Waals surface area contributed by atoms with Crippen molar-refractivity contribution in [2.75, 3.05) is 23.4 Å². The highest BCUT2D eigenvalue weighted by Gasteiger charge is 2.25. The van der Waals surface area contributed by atoms with E-state index in [9.17, 15) is 9.59 Å². The maximum atomic E-state index is 12.2. The Morgan fingerprint density at radius 1 is 1.27 bits per heavy atom. The average molecular weight is 319 g/mol. The minimum absolute atomic E-state index is 0.0494. The van der Waals surface area contributed by atoms with E-state index in [0.717, 1.165) is 30.9 Å². The van der Waals surface area contributed by atoms with E-state index in [4.69, 9.17) is 0 Å². The number of rotatable bonds is 5. The number of hydrogen-bond donors (Lipinski definition) is 3. The van der Waals surface area contributed by atoms with Gasteiger partial charge in [-0.3, -0.25) is 9.59 Å². The van der Waals surface area contributed by atoms with Crippen molar-refractivity contribution in [1.29, 1.82) is 0 Å². The van der Waals surface area contributed by atoms with Crippen LogP contribution in [0.4, 0.5) is 5.69 Å². The number of thioether (sulfide) groups is 1. The number of carbonyl (C=O) groups excluding carboxylic acids is 2. The maximum Gasteiger partial charge on any atom is 0.253 e. The predicted molar refractivity (Wildman–Crippen MR) is 89.3 cm³/mol. The molecule has 2 aliphatic rings. The largest absolute Gasteiger partial charge is 0.349 e. The van der Waals surface area contributed by atoms with Crippen molar-refractivity contribution in [3.05, 3.63) is 29.8 Å². The van der Waals surface area contributed by atoms with E-state index >= 15 is 0 Å². The molecule has 3 N–H and O–H groups in total. The van der Waals surface area contributed by atoms with Gasteiger partial charge in [0.15, 0.2) is 0 Å². The quantitative estimate of drug-likeness (QED) is 0.771. The Bertz CT molecular complexity index is 554. The monoisotopic (exact) mass is 319 g/mol. The standard InChI is InChI=1S/C16H21N3O2S/c20-15(9-12-10-22-8-7-17-12)19-14-4-2-1-3-13(14)16(21)18-11-5-6-11/h1-4,11-12,17H,5-10H2,(H,18,21)(H,19,20). The van der Waals surface area contributed by atoms with Crippen molar-refractivity contribution in [3.8, 4) is 0 Å². The van der Waals surface area contributed by atoms with E-state index in [2.05, 4.69) is 16.0 Å². The number of hydrogen-bond acceptors (Lipinski definition) is 4. The Hall–Kier alpha value is -1.53. The minimum atomic E-state index is -0.107. The third-order valence-electron chi connectivity index (χ3n) is 3.79. The van der Waals surface area contributed by atoms with Crippen molar-refractivity contribution in [1.82, 2.24) is 10.6 Å². The first-order valence-electron chi connectivity index (χ1n) is 7.73. The number of amides is 2. The molecule has 22 heavy (non-hydrogen) atoms. The van der Waals surface area contributed by atoms with E-state index in [-0.39, 0.29) is 17.9 Å². The Morgan fingerprint density at radius 3 is 2.82 bits per heavy atom. The summed E-state index contributed by atoms with van der Waals surface area (Å²) in [6.45, 7) is 0.947. The molecule has 0 radical (unpaired) electrons. The molecule has 0 spiro atoms. The highest BCUT2D eigenvalue weighted by atomic mass is 32.2. The number of nitrogens with one attached hydrogen (secondary N) is 3. The summed E-state index contributed by atoms with van der Waals surface area (Å²) >= 11 is 1.87. The Balaban J connectivity index is 1.60. The summed E-state index contributed by atoms with van der Waals surface area (Å²) in [6.07, 6.45) is 2.53. The fourth-order valence-electron chi connectivity index (χ4n) is 2.46. The van der Waals surface area contributed by atoms with Gasteiger partial charge < -0.3 is 16.0 Å². The molecule has 1 heterocycles. The third kappa shape index (κ3) is 4.24. The third-order valence-corrected chi connectivity index (χ3v) is 4.92. The molecule has 1 saturated carbocycles. The van der Waals surface area contributed by atoms with Gasteiger partial charge in [-0.05, 0) is 25.0 Å². The molecule has 1 aromatic rings. The van der Waals surface area contributed by atoms with Crippen LogP contribution in [0.2, 0.25) is 0 Å². The van der Waals surface area contributed by atoms with Gasteiger partial charge in [-0.1, -0.05) is 12.1 Å². The topological polar surface area (TPSA) is 70.2 Å². The molecule has 1 atom stereocenters. The predicted octanol–water partition coefficient (Wildman–Crippen LogP) is 1.61. The zero-order chi connectivity index (χ0) is 15.4. The molecule has 1 saturated heterocycles. The summed E-state index contributed by atoms with van der Waals surface area (Å²) in [5.74, 6) is 1.90. The zero-order valence-corrected chi connectivity index (χ0v) is 13.2. The fourth-order valence-corrected chi connectivity index (χ4v) is 3.41. The summed E-state index contributed by atoms with van der Waals surface area (Å²) in [4.78, 5) is 24.4. The molecule has 5 nitrogen and oxygen atoms in total. The van der Waals surface area contributed by atoms with E-state index in [1.54, 1.807) is 12.1 Å². The second-order valence-electron chi connectivity index (χ2n) is 5.77. The number of anilines is 1. The molecular formula is C16H21N3O2S. The van der Waals surface area contributed by atoms with Gasteiger partial charge in [0, 0.05) is 36.6 Å². The first-order valence-corrected chi connectivity index (χ1v) is 8.89. The van der Waals surface area contributed by atoms with Crippen LogP contribution in [0.5, 0.6) is 0 Å². The van der Waals surface area contributed by atoms with Crippen LogP contribution in [-0.2, 0) is 4.79 Å². The lowest BCUT2D eigenvalue weighted by Gasteiger charge is -2.22. The zero-order valence-electron chi connectivity index (χ0n) is 12.4. The summed E-state index contributed by atoms with van der Waals surface area (Å²) in [7, 11) is 0. The first-order chi connectivity index (χ1) is 10.7. The van der Waals surface area contributed by atoms with Gasteiger partial charge in [-0.25, -0.2) is 0 Å². The summed E-state index contributed by atoms with van der Waals surface area (Å²) in [5.41, 5.74) is 1.13. The van der Waals surface area contributed by atoms with Gasteiger partial charge in [0.25, 0.3) is 5.91 Å². The van der Waals surface area contributed by atoms with Crippen molar-refractivity contribution < 1.29 is 9.59 Å². The normalized spacial score (nSPS) is 21.2. The van der Waals surface area contributed by atoms with E-state index < -0.39 is 0 Å². The van der Waals surface area contributed by atoms with Crippen molar-refractivity contribution in [3.63, 3.8) is 0 Å². The van der Waals surface area contributed by atoms with Crippen LogP contribution < -0.4 is 16.0 Å². The molecular weight excluding hydrogens is 298 g/mol. The second-order valence-corrected chi connectivity index (χ2v) is 6.92. The van der Waals surface area contributed by atoms with Crippen molar-refractivity contribution in [2.45, 2.75) is 31.3 Å². The van der Waals surface area contributed by atoms with Gasteiger partial charge in [0.1, 0.15) is 0 Å². The Labute approximate surface area is 134 Å². The summed E-state index contributed by atoms with van der Waals surface area (Å²) in [6, 6.07) is 7.70. The molecule has 0 bridgehead atoms. The lowest BCUT2D eigenvalue weighted by atomic mass is 10.1. The van der Waals surface area contributed by atoms with Crippen LogP contribution in [0.1, 0.15) is 29.6 Å². The molecule has 118 valence electrons. The molecule has 0 aromatic heterocycles. The van der Waals surface area contributed by atoms with Crippen LogP contribution in [0.15, 0.2) is 24.3 Å². The number of benzene rings is 1. The lowest BCUT2D eigenvalue weighted by molar-refractivity contribution is -0.116. The highest BCUT2D eigenvalue weighted by molar-refractivity contribution is 7.99. The smallest absolute Gasteiger partial charge is 0.253 e. The van der Waals surface area contributed by atoms with Gasteiger partial charge in [0.05, 0.1) is 11.3 Å². The molecule has 2 fully saturated rings. The van der Waals surface area contributed by atoms with Crippen molar-refractivity contribution >= 4 is 29.3 Å². The Kier molecular flexibility index (Phi) is 5.00. The molecule has 1 aromatic carbocycles. The van der Waals surface area contributed by atoms with Crippen molar-refractivity contribution in [2.24, 2.45) is 0 Å². The van der Waals surface area contributed by atoms with E-state index in [0.29, 0.717) is 23.7 Å². The first kappa shape index (κ1) is 15.4. The number of carbonyl (C=O) groups is 2. The number of para-hydroxylation sites is 1. The second kappa shape index (κ2) is 7.15. The lowest BCUT2D eigenvalue weighted by Crippen LogP contribution is -2.40. The molecule has 3 rings (SSSR count). The average Bonchev–Trinajstić information content (AvgIpc) is 3.32. The molecule has 1 aliphatic carbocycles. The fraction of sp³-hybridized carbons (Fsp3) is 0.500. The van der Waals surface area contributed by atoms with Crippen LogP contribution >= 0.6 is 11.8 Å². The van der Waals surface area contributed by atoms with E-state index in [1.165, 1.54) is 0 Å². The van der Waals surface area contributed by atoms with Crippen LogP contribution in [-0.4, -0.2) is 41.9 Å². The summed E-state index contributed by atoms with van der Waals surface area (Å²) < 4.78 is 0. The highest BCUT2D eigenvalue weighted by Crippen LogP contribution is 2.22. The minimum Gasteiger partial charge on any atom is -0.349 e. The van der Waals surface area contributed by atoms with Gasteiger partial charge in [-0.15, -0.1) is 0 Å². The molecule has 6 heteroatoms. The maximum absolute atomic E-state index is 12.2. The summed E-state index contributed by atoms with van der Waals surface area (Å²) in [5, 5.41) is 9.19. The van der Waals surface area contributed by atoms with Crippen LogP contribution in [0.25, 0.3) is 0 Å². The molecule has 1 aliphatic heterocycles. The molecule has 2 amide bonds. The molecule has 1 unspecified atom stereocenters. The van der Waals surface area contributed by atoms with Gasteiger partial charge >= 0.3 is 0 Å². The SMILES string of the molecule is O=C(CC1CSCCN1)Nc1ccccc1C(=O)NC1CC1. The Morgan fingerprint density at radius 2 is 2.09 bits per heavy atom. The van der Waals surface area contributed by atoms with Crippen LogP contribution in [0, 0.1) is 0 Å². The van der Waals surface area contributed by atoms with E-state index in [1.807, 2.05) is 23.9 Å². The van der Waals surface area contributed by atoms with Gasteiger partial charge in [0.2, 0.25) is 5.91 Å². The van der Waals surface area contributed by atoms with Gasteiger partial charge in [-0.2, -0.15) is 11.8 Å². The van der Waals surface area contributed by atoms with Crippen LogP contribution in [0.3, 0.4) is 0 Å².